The Morgan fingerprint density at radius 3 is 2.63 bits per heavy atom. The van der Waals surface area contributed by atoms with Crippen molar-refractivity contribution in [2.75, 3.05) is 6.54 Å². The van der Waals surface area contributed by atoms with Crippen molar-refractivity contribution >= 4 is 23.5 Å². The minimum atomic E-state index is -0.990. The van der Waals surface area contributed by atoms with Gasteiger partial charge >= 0.3 is 5.97 Å². The van der Waals surface area contributed by atoms with Crippen LogP contribution in [0.5, 0.6) is 11.6 Å². The second kappa shape index (κ2) is 9.54. The monoisotopic (exact) mass is 421 g/mol. The van der Waals surface area contributed by atoms with E-state index in [-0.39, 0.29) is 22.0 Å². The van der Waals surface area contributed by atoms with Crippen molar-refractivity contribution in [3.8, 4) is 17.7 Å². The molecule has 0 bridgehead atoms. The zero-order chi connectivity index (χ0) is 21.5. The van der Waals surface area contributed by atoms with Gasteiger partial charge in [-0.2, -0.15) is 5.26 Å². The van der Waals surface area contributed by atoms with E-state index in [1.807, 2.05) is 6.07 Å². The van der Waals surface area contributed by atoms with Gasteiger partial charge in [-0.15, -0.1) is 0 Å². The molecule has 0 saturated heterocycles. The molecule has 1 heterocycles. The van der Waals surface area contributed by atoms with Crippen LogP contribution in [0.15, 0.2) is 60.8 Å². The Morgan fingerprint density at radius 1 is 1.17 bits per heavy atom. The molecule has 150 valence electrons. The number of carboxylic acids is 1. The third-order valence-electron chi connectivity index (χ3n) is 4.14. The van der Waals surface area contributed by atoms with Gasteiger partial charge in [0.1, 0.15) is 11.3 Å². The molecule has 0 unspecified atom stereocenters. The van der Waals surface area contributed by atoms with Crippen molar-refractivity contribution < 1.29 is 19.4 Å². The quantitative estimate of drug-likeness (QED) is 0.594. The Balaban J connectivity index is 1.68. The largest absolute Gasteiger partial charge is 0.478 e. The third kappa shape index (κ3) is 5.34. The molecule has 0 saturated carbocycles. The van der Waals surface area contributed by atoms with Crippen LogP contribution in [-0.4, -0.2) is 28.5 Å². The molecule has 3 aromatic rings. The molecule has 1 amide bonds. The number of pyridine rings is 1. The molecule has 3 rings (SSSR count). The summed E-state index contributed by atoms with van der Waals surface area (Å²) in [5, 5.41) is 21.0. The standard InChI is InChI=1S/C22H16ClN3O4/c23-17-11-19(21(26-13-17)30-18-3-1-2-15(10-18)12-24)20(27)25-9-8-14-4-6-16(7-5-14)22(28)29/h1-7,10-11,13H,8-9H2,(H,25,27)(H,28,29). The number of benzene rings is 2. The fourth-order valence-corrected chi connectivity index (χ4v) is 2.80. The lowest BCUT2D eigenvalue weighted by Crippen LogP contribution is -2.26. The smallest absolute Gasteiger partial charge is 0.335 e. The van der Waals surface area contributed by atoms with Crippen LogP contribution in [0.4, 0.5) is 0 Å². The van der Waals surface area contributed by atoms with Crippen LogP contribution < -0.4 is 10.1 Å². The molecular formula is C22H16ClN3O4. The van der Waals surface area contributed by atoms with Gasteiger partial charge in [0, 0.05) is 12.7 Å². The molecule has 2 aromatic carbocycles. The third-order valence-corrected chi connectivity index (χ3v) is 4.35. The van der Waals surface area contributed by atoms with Crippen LogP contribution in [0.2, 0.25) is 5.02 Å². The normalized spacial score (nSPS) is 10.1. The summed E-state index contributed by atoms with van der Waals surface area (Å²) in [7, 11) is 0. The molecule has 0 aliphatic rings. The lowest BCUT2D eigenvalue weighted by molar-refractivity contribution is 0.0696. The van der Waals surface area contributed by atoms with Gasteiger partial charge in [-0.1, -0.05) is 29.8 Å². The van der Waals surface area contributed by atoms with Gasteiger partial charge in [-0.3, -0.25) is 4.79 Å². The minimum absolute atomic E-state index is 0.0674. The number of carbonyl (C=O) groups excluding carboxylic acids is 1. The number of carboxylic acid groups (broad SMARTS) is 1. The lowest BCUT2D eigenvalue weighted by atomic mass is 10.1. The molecule has 8 heteroatoms. The van der Waals surface area contributed by atoms with E-state index in [0.717, 1.165) is 5.56 Å². The molecule has 0 atom stereocenters. The Hall–Kier alpha value is -3.89. The van der Waals surface area contributed by atoms with E-state index in [1.165, 1.54) is 24.4 Å². The summed E-state index contributed by atoms with van der Waals surface area (Å²) in [6.07, 6.45) is 1.88. The van der Waals surface area contributed by atoms with Crippen molar-refractivity contribution in [2.24, 2.45) is 0 Å². The maximum absolute atomic E-state index is 12.6. The number of nitrogens with one attached hydrogen (secondary N) is 1. The molecule has 1 aromatic heterocycles. The SMILES string of the molecule is N#Cc1cccc(Oc2ncc(Cl)cc2C(=O)NCCc2ccc(C(=O)O)cc2)c1. The zero-order valence-electron chi connectivity index (χ0n) is 15.6. The second-order valence-corrected chi connectivity index (χ2v) is 6.69. The second-order valence-electron chi connectivity index (χ2n) is 6.26. The zero-order valence-corrected chi connectivity index (χ0v) is 16.4. The predicted molar refractivity (Wildman–Crippen MR) is 110 cm³/mol. The number of rotatable bonds is 7. The van der Waals surface area contributed by atoms with Crippen LogP contribution in [0.25, 0.3) is 0 Å². The number of nitriles is 1. The molecule has 0 aliphatic heterocycles. The summed E-state index contributed by atoms with van der Waals surface area (Å²) < 4.78 is 5.69. The van der Waals surface area contributed by atoms with Gasteiger partial charge in [0.05, 0.1) is 22.2 Å². The first-order valence-corrected chi connectivity index (χ1v) is 9.28. The van der Waals surface area contributed by atoms with E-state index in [4.69, 9.17) is 26.7 Å². The van der Waals surface area contributed by atoms with Crippen molar-refractivity contribution in [2.45, 2.75) is 6.42 Å². The maximum atomic E-state index is 12.6. The maximum Gasteiger partial charge on any atom is 0.335 e. The van der Waals surface area contributed by atoms with Crippen LogP contribution in [0, 0.1) is 11.3 Å². The Bertz CT molecular complexity index is 1120. The predicted octanol–water partition coefficient (Wildman–Crippen LogP) is 4.07. The first-order valence-electron chi connectivity index (χ1n) is 8.90. The number of hydrogen-bond donors (Lipinski definition) is 2. The number of carbonyl (C=O) groups is 2. The van der Waals surface area contributed by atoms with E-state index < -0.39 is 11.9 Å². The number of amides is 1. The van der Waals surface area contributed by atoms with Crippen molar-refractivity contribution in [3.63, 3.8) is 0 Å². The molecule has 0 fully saturated rings. The molecule has 30 heavy (non-hydrogen) atoms. The van der Waals surface area contributed by atoms with Crippen molar-refractivity contribution in [3.05, 3.63) is 88.1 Å². The fourth-order valence-electron chi connectivity index (χ4n) is 2.64. The van der Waals surface area contributed by atoms with Crippen molar-refractivity contribution in [1.82, 2.24) is 10.3 Å². The van der Waals surface area contributed by atoms with Crippen LogP contribution in [0.1, 0.15) is 31.8 Å². The van der Waals surface area contributed by atoms with E-state index in [1.54, 1.807) is 36.4 Å². The minimum Gasteiger partial charge on any atom is -0.478 e. The van der Waals surface area contributed by atoms with Gasteiger partial charge in [0.2, 0.25) is 5.88 Å². The Kier molecular flexibility index (Phi) is 6.63. The number of nitrogens with zero attached hydrogens (tertiary/aromatic N) is 2. The van der Waals surface area contributed by atoms with Gasteiger partial charge in [0.25, 0.3) is 5.91 Å². The summed E-state index contributed by atoms with van der Waals surface area (Å²) in [4.78, 5) is 27.6. The summed E-state index contributed by atoms with van der Waals surface area (Å²) >= 11 is 5.99. The van der Waals surface area contributed by atoms with E-state index in [9.17, 15) is 9.59 Å². The molecular weight excluding hydrogens is 406 g/mol. The van der Waals surface area contributed by atoms with E-state index in [2.05, 4.69) is 10.3 Å². The highest BCUT2D eigenvalue weighted by atomic mass is 35.5. The Morgan fingerprint density at radius 2 is 1.93 bits per heavy atom. The summed E-state index contributed by atoms with van der Waals surface area (Å²) in [5.41, 5.74) is 1.66. The summed E-state index contributed by atoms with van der Waals surface area (Å²) in [6.45, 7) is 0.321. The molecule has 0 spiro atoms. The Labute approximate surface area is 177 Å². The molecule has 0 aliphatic carbocycles. The van der Waals surface area contributed by atoms with Gasteiger partial charge in [-0.25, -0.2) is 9.78 Å². The molecule has 0 radical (unpaired) electrons. The number of aromatic nitrogens is 1. The van der Waals surface area contributed by atoms with Crippen LogP contribution >= 0.6 is 11.6 Å². The first kappa shape index (κ1) is 20.8. The van der Waals surface area contributed by atoms with E-state index >= 15 is 0 Å². The van der Waals surface area contributed by atoms with E-state index in [0.29, 0.717) is 24.3 Å². The first-order chi connectivity index (χ1) is 14.5. The van der Waals surface area contributed by atoms with Gasteiger partial charge in [-0.05, 0) is 48.4 Å². The lowest BCUT2D eigenvalue weighted by Gasteiger charge is -2.11. The highest BCUT2D eigenvalue weighted by Gasteiger charge is 2.16. The number of aromatic carboxylic acids is 1. The fraction of sp³-hybridized carbons (Fsp3) is 0.0909. The topological polar surface area (TPSA) is 112 Å². The number of ether oxygens (including phenoxy) is 1. The average molecular weight is 422 g/mol. The van der Waals surface area contributed by atoms with Gasteiger partial charge < -0.3 is 15.2 Å². The van der Waals surface area contributed by atoms with Gasteiger partial charge in [0.15, 0.2) is 0 Å². The summed E-state index contributed by atoms with van der Waals surface area (Å²) in [5.74, 6) is -0.969. The summed E-state index contributed by atoms with van der Waals surface area (Å²) in [6, 6.07) is 16.4. The molecule has 7 nitrogen and oxygen atoms in total. The van der Waals surface area contributed by atoms with Crippen LogP contribution in [-0.2, 0) is 6.42 Å². The molecule has 2 N–H and O–H groups in total. The highest BCUT2D eigenvalue weighted by molar-refractivity contribution is 6.30. The van der Waals surface area contributed by atoms with Crippen LogP contribution in [0.3, 0.4) is 0 Å². The highest BCUT2D eigenvalue weighted by Crippen LogP contribution is 2.26. The van der Waals surface area contributed by atoms with Crippen molar-refractivity contribution in [1.29, 1.82) is 5.26 Å². The average Bonchev–Trinajstić information content (AvgIpc) is 2.75. The number of halogens is 1. The number of hydrogen-bond acceptors (Lipinski definition) is 5.